The van der Waals surface area contributed by atoms with Crippen LogP contribution in [0.15, 0.2) is 48.5 Å². The van der Waals surface area contributed by atoms with Gasteiger partial charge in [0.05, 0.1) is 28.1 Å². The number of H-pyrrole nitrogens is 1. The van der Waals surface area contributed by atoms with E-state index in [1.165, 1.54) is 0 Å². The van der Waals surface area contributed by atoms with Crippen molar-refractivity contribution in [2.24, 2.45) is 0 Å². The predicted molar refractivity (Wildman–Crippen MR) is 75.6 cm³/mol. The fourth-order valence-corrected chi connectivity index (χ4v) is 2.58. The average molecular weight is 249 g/mol. The first-order valence-electron chi connectivity index (χ1n) is 6.08. The molecule has 1 aliphatic heterocycles. The Morgan fingerprint density at radius 2 is 1.68 bits per heavy atom. The monoisotopic (exact) mass is 249 g/mol. The average Bonchev–Trinajstić information content (AvgIpc) is 2.78. The fraction of sp³-hybridized carbons (Fsp3) is 0. The van der Waals surface area contributed by atoms with Crippen molar-refractivity contribution in [1.82, 2.24) is 9.97 Å². The zero-order chi connectivity index (χ0) is 12.8. The van der Waals surface area contributed by atoms with Crippen LogP contribution in [0, 0.1) is 0 Å². The highest BCUT2D eigenvalue weighted by atomic mass is 16.5. The Kier molecular flexibility index (Phi) is 2.01. The molecule has 4 rings (SSSR count). The largest absolute Gasteiger partial charge is 0.350 e. The van der Waals surface area contributed by atoms with Gasteiger partial charge in [-0.15, -0.1) is 0 Å². The number of benzene rings is 2. The van der Waals surface area contributed by atoms with Crippen LogP contribution >= 0.6 is 0 Å². The minimum Gasteiger partial charge on any atom is -0.350 e. The van der Waals surface area contributed by atoms with Crippen LogP contribution in [0.25, 0.3) is 33.2 Å². The third-order valence-corrected chi connectivity index (χ3v) is 3.45. The molecular weight excluding hydrogens is 238 g/mol. The lowest BCUT2D eigenvalue weighted by Gasteiger charge is -2.05. The van der Waals surface area contributed by atoms with Crippen molar-refractivity contribution in [3.8, 4) is 11.4 Å². The lowest BCUT2D eigenvalue weighted by molar-refractivity contribution is 0.390. The van der Waals surface area contributed by atoms with Gasteiger partial charge in [0, 0.05) is 10.8 Å². The smallest absolute Gasteiger partial charge is 0.0974 e. The molecule has 4 nitrogen and oxygen atoms in total. The van der Waals surface area contributed by atoms with Crippen LogP contribution in [-0.2, 0) is 0 Å². The second kappa shape index (κ2) is 3.70. The van der Waals surface area contributed by atoms with Crippen LogP contribution in [0.1, 0.15) is 0 Å². The summed E-state index contributed by atoms with van der Waals surface area (Å²) < 4.78 is 0. The summed E-state index contributed by atoms with van der Waals surface area (Å²) in [5.41, 5.74) is 6.50. The van der Waals surface area contributed by atoms with Crippen LogP contribution in [0.2, 0.25) is 0 Å². The molecule has 1 heterocycles. The Morgan fingerprint density at radius 1 is 0.947 bits per heavy atom. The quantitative estimate of drug-likeness (QED) is 0.451. The molecule has 2 aromatic carbocycles. The summed E-state index contributed by atoms with van der Waals surface area (Å²) in [6.07, 6.45) is 0. The SMILES string of the molecule is ONc1c2[nH]c3ccccc3nc-2c2ccccc12. The number of rotatable bonds is 1. The number of hydrogen-bond donors (Lipinski definition) is 3. The van der Waals surface area contributed by atoms with Gasteiger partial charge in [-0.1, -0.05) is 36.4 Å². The second-order valence-corrected chi connectivity index (χ2v) is 4.51. The van der Waals surface area contributed by atoms with Gasteiger partial charge in [0.2, 0.25) is 0 Å². The molecule has 0 atom stereocenters. The summed E-state index contributed by atoms with van der Waals surface area (Å²) in [5, 5.41) is 11.4. The van der Waals surface area contributed by atoms with Crippen molar-refractivity contribution in [2.45, 2.75) is 0 Å². The summed E-state index contributed by atoms with van der Waals surface area (Å²) in [4.78, 5) is 8.03. The third kappa shape index (κ3) is 1.34. The van der Waals surface area contributed by atoms with Crippen LogP contribution in [0.5, 0.6) is 0 Å². The standard InChI is InChI=1S/C15H11N3O/c19-18-14-10-6-2-1-5-9(10)13-15(14)17-12-8-4-3-7-11(12)16-13/h1-8,17-19H. The highest BCUT2D eigenvalue weighted by molar-refractivity contribution is 6.11. The van der Waals surface area contributed by atoms with Crippen molar-refractivity contribution in [3.05, 3.63) is 48.5 Å². The number of anilines is 1. The van der Waals surface area contributed by atoms with Gasteiger partial charge in [-0.2, -0.15) is 0 Å². The van der Waals surface area contributed by atoms with Gasteiger partial charge < -0.3 is 4.98 Å². The van der Waals surface area contributed by atoms with E-state index in [4.69, 9.17) is 4.98 Å². The number of aromatic nitrogens is 2. The van der Waals surface area contributed by atoms with Gasteiger partial charge >= 0.3 is 0 Å². The Balaban J connectivity index is 2.26. The summed E-state index contributed by atoms with van der Waals surface area (Å²) >= 11 is 0. The Hall–Kier alpha value is -2.59. The van der Waals surface area contributed by atoms with Gasteiger partial charge in [0.15, 0.2) is 0 Å². The molecule has 0 spiro atoms. The van der Waals surface area contributed by atoms with E-state index in [2.05, 4.69) is 10.5 Å². The van der Waals surface area contributed by atoms with E-state index >= 15 is 0 Å². The van der Waals surface area contributed by atoms with Crippen LogP contribution < -0.4 is 5.48 Å². The molecule has 0 saturated heterocycles. The predicted octanol–water partition coefficient (Wildman–Crippen LogP) is 3.62. The fourth-order valence-electron chi connectivity index (χ4n) is 2.58. The van der Waals surface area contributed by atoms with Crippen LogP contribution in [-0.4, -0.2) is 15.2 Å². The molecule has 3 N–H and O–H groups in total. The van der Waals surface area contributed by atoms with Crippen molar-refractivity contribution in [1.29, 1.82) is 0 Å². The van der Waals surface area contributed by atoms with Gasteiger partial charge in [0.1, 0.15) is 0 Å². The number of nitrogens with one attached hydrogen (secondary N) is 2. The maximum atomic E-state index is 9.40. The number of aromatic amines is 1. The number of fused-ring (bicyclic) bond motifs is 4. The molecule has 0 fully saturated rings. The molecule has 0 aromatic heterocycles. The molecule has 2 aromatic rings. The van der Waals surface area contributed by atoms with Gasteiger partial charge in [-0.05, 0) is 12.1 Å². The first kappa shape index (κ1) is 10.3. The Morgan fingerprint density at radius 3 is 2.53 bits per heavy atom. The van der Waals surface area contributed by atoms with E-state index in [1.807, 2.05) is 48.5 Å². The minimum absolute atomic E-state index is 0.670. The number of nitrogens with zero attached hydrogens (tertiary/aromatic N) is 1. The molecule has 0 unspecified atom stereocenters. The summed E-state index contributed by atoms with van der Waals surface area (Å²) in [6.45, 7) is 0. The minimum atomic E-state index is 0.670. The van der Waals surface area contributed by atoms with Gasteiger partial charge in [-0.3, -0.25) is 10.7 Å². The van der Waals surface area contributed by atoms with Gasteiger partial charge in [0.25, 0.3) is 0 Å². The van der Waals surface area contributed by atoms with Crippen molar-refractivity contribution < 1.29 is 5.21 Å². The molecule has 0 amide bonds. The van der Waals surface area contributed by atoms with E-state index in [9.17, 15) is 5.21 Å². The van der Waals surface area contributed by atoms with E-state index in [-0.39, 0.29) is 0 Å². The second-order valence-electron chi connectivity index (χ2n) is 4.51. The van der Waals surface area contributed by atoms with E-state index in [0.29, 0.717) is 5.69 Å². The lowest BCUT2D eigenvalue weighted by atomic mass is 10.2. The third-order valence-electron chi connectivity index (χ3n) is 3.45. The molecule has 1 aliphatic carbocycles. The highest BCUT2D eigenvalue weighted by Crippen LogP contribution is 2.40. The molecule has 0 saturated carbocycles. The summed E-state index contributed by atoms with van der Waals surface area (Å²) in [5.74, 6) is 0. The molecule has 0 radical (unpaired) electrons. The van der Waals surface area contributed by atoms with Crippen LogP contribution in [0.4, 0.5) is 5.69 Å². The van der Waals surface area contributed by atoms with Gasteiger partial charge in [-0.25, -0.2) is 4.98 Å². The topological polar surface area (TPSA) is 60.9 Å². The van der Waals surface area contributed by atoms with E-state index in [0.717, 1.165) is 33.2 Å². The summed E-state index contributed by atoms with van der Waals surface area (Å²) in [6, 6.07) is 15.8. The molecule has 19 heavy (non-hydrogen) atoms. The zero-order valence-corrected chi connectivity index (χ0v) is 10.0. The number of hydrogen-bond acceptors (Lipinski definition) is 3. The van der Waals surface area contributed by atoms with Crippen molar-refractivity contribution >= 4 is 27.5 Å². The first-order valence-corrected chi connectivity index (χ1v) is 6.08. The summed E-state index contributed by atoms with van der Waals surface area (Å²) in [7, 11) is 0. The maximum absolute atomic E-state index is 9.40. The molecular formula is C15H11N3O. The highest BCUT2D eigenvalue weighted by Gasteiger charge is 2.19. The molecule has 0 bridgehead atoms. The number of para-hydroxylation sites is 2. The maximum Gasteiger partial charge on any atom is 0.0974 e. The normalized spacial score (nSPS) is 11.4. The molecule has 4 heteroatoms. The van der Waals surface area contributed by atoms with Crippen LogP contribution in [0.3, 0.4) is 0 Å². The molecule has 92 valence electrons. The van der Waals surface area contributed by atoms with Crippen molar-refractivity contribution in [2.75, 3.05) is 5.48 Å². The Bertz CT molecular complexity index is 866. The Labute approximate surface area is 109 Å². The van der Waals surface area contributed by atoms with Crippen molar-refractivity contribution in [3.63, 3.8) is 0 Å². The zero-order valence-electron chi connectivity index (χ0n) is 10.0. The van der Waals surface area contributed by atoms with E-state index in [1.54, 1.807) is 0 Å². The lowest BCUT2D eigenvalue weighted by Crippen LogP contribution is -1.94. The first-order chi connectivity index (χ1) is 9.38. The molecule has 2 aliphatic rings. The van der Waals surface area contributed by atoms with E-state index < -0.39 is 0 Å².